The van der Waals surface area contributed by atoms with Gasteiger partial charge in [0.25, 0.3) is 11.8 Å². The van der Waals surface area contributed by atoms with Crippen LogP contribution in [0, 0.1) is 0 Å². The van der Waals surface area contributed by atoms with Gasteiger partial charge in [0.1, 0.15) is 12.1 Å². The van der Waals surface area contributed by atoms with Gasteiger partial charge in [0, 0.05) is 12.7 Å². The van der Waals surface area contributed by atoms with Gasteiger partial charge < -0.3 is 20.4 Å². The molecule has 2 amide bonds. The van der Waals surface area contributed by atoms with Gasteiger partial charge in [-0.1, -0.05) is 60.7 Å². The molecular formula is C23H22N4O5. The molecule has 0 aliphatic rings. The van der Waals surface area contributed by atoms with Crippen LogP contribution in [-0.4, -0.2) is 56.0 Å². The molecule has 3 aromatic rings. The van der Waals surface area contributed by atoms with Crippen molar-refractivity contribution in [3.8, 4) is 5.88 Å². The lowest BCUT2D eigenvalue weighted by Gasteiger charge is -2.20. The Hall–Kier alpha value is -4.27. The number of carbonyl (C=O) groups excluding carboxylic acids is 2. The van der Waals surface area contributed by atoms with Crippen LogP contribution in [0.2, 0.25) is 0 Å². The molecule has 0 bridgehead atoms. The Kier molecular flexibility index (Phi) is 7.12. The van der Waals surface area contributed by atoms with Gasteiger partial charge in [0.15, 0.2) is 0 Å². The van der Waals surface area contributed by atoms with Crippen molar-refractivity contribution >= 4 is 17.8 Å². The number of likely N-dealkylation sites (N-methyl/N-ethyl adjacent to an activating group) is 1. The van der Waals surface area contributed by atoms with Crippen LogP contribution < -0.4 is 5.32 Å². The molecule has 2 aromatic carbocycles. The first-order valence-electron chi connectivity index (χ1n) is 9.88. The summed E-state index contributed by atoms with van der Waals surface area (Å²) in [5.41, 5.74) is 1.47. The molecule has 9 nitrogen and oxygen atoms in total. The molecule has 0 aliphatic carbocycles. The summed E-state index contributed by atoms with van der Waals surface area (Å²) in [6.45, 7) is 1.20. The average molecular weight is 434 g/mol. The number of aromatic nitrogens is 2. The number of carboxylic acid groups (broad SMARTS) is 1. The Morgan fingerprint density at radius 3 is 2.03 bits per heavy atom. The SMILES string of the molecule is CCN(CC(=O)O)C(=O)c1ncc(C(=O)NC(c2ccccc2)c2ccccc2)c(O)n1. The van der Waals surface area contributed by atoms with Gasteiger partial charge >= 0.3 is 5.97 Å². The van der Waals surface area contributed by atoms with E-state index in [4.69, 9.17) is 5.11 Å². The highest BCUT2D eigenvalue weighted by molar-refractivity contribution is 5.98. The van der Waals surface area contributed by atoms with E-state index in [0.29, 0.717) is 0 Å². The number of aromatic hydroxyl groups is 1. The Morgan fingerprint density at radius 2 is 1.56 bits per heavy atom. The molecule has 0 saturated carbocycles. The molecule has 3 rings (SSSR count). The van der Waals surface area contributed by atoms with Crippen molar-refractivity contribution in [2.75, 3.05) is 13.1 Å². The van der Waals surface area contributed by atoms with E-state index in [1.165, 1.54) is 0 Å². The maximum absolute atomic E-state index is 12.9. The minimum Gasteiger partial charge on any atom is -0.493 e. The maximum atomic E-state index is 12.9. The fourth-order valence-corrected chi connectivity index (χ4v) is 3.13. The number of nitrogens with one attached hydrogen (secondary N) is 1. The van der Waals surface area contributed by atoms with Crippen molar-refractivity contribution in [1.82, 2.24) is 20.2 Å². The molecule has 1 aromatic heterocycles. The third-order valence-corrected chi connectivity index (χ3v) is 4.74. The summed E-state index contributed by atoms with van der Waals surface area (Å²) in [4.78, 5) is 44.9. The lowest BCUT2D eigenvalue weighted by Crippen LogP contribution is -2.36. The summed E-state index contributed by atoms with van der Waals surface area (Å²) >= 11 is 0. The summed E-state index contributed by atoms with van der Waals surface area (Å²) in [5, 5.41) is 22.1. The van der Waals surface area contributed by atoms with Crippen molar-refractivity contribution in [2.45, 2.75) is 13.0 Å². The second-order valence-corrected chi connectivity index (χ2v) is 6.87. The van der Waals surface area contributed by atoms with Crippen LogP contribution in [-0.2, 0) is 4.79 Å². The van der Waals surface area contributed by atoms with Crippen LogP contribution in [0.4, 0.5) is 0 Å². The standard InChI is InChI=1S/C23H22N4O5/c1-2-27(14-18(28)29)23(32)20-24-13-17(22(31)26-20)21(30)25-19(15-9-5-3-6-10-15)16-11-7-4-8-12-16/h3-13,19H,2,14H2,1H3,(H,25,30)(H,28,29)(H,24,26,31). The molecule has 0 radical (unpaired) electrons. The van der Waals surface area contributed by atoms with Gasteiger partial charge in [-0.15, -0.1) is 0 Å². The monoisotopic (exact) mass is 434 g/mol. The minimum atomic E-state index is -1.19. The Balaban J connectivity index is 1.85. The van der Waals surface area contributed by atoms with Crippen LogP contribution in [0.15, 0.2) is 66.9 Å². The normalized spacial score (nSPS) is 10.6. The lowest BCUT2D eigenvalue weighted by molar-refractivity contribution is -0.137. The number of carboxylic acids is 1. The van der Waals surface area contributed by atoms with Gasteiger partial charge in [0.05, 0.1) is 6.04 Å². The molecular weight excluding hydrogens is 412 g/mol. The smallest absolute Gasteiger partial charge is 0.323 e. The highest BCUT2D eigenvalue weighted by Crippen LogP contribution is 2.23. The fraction of sp³-hybridized carbons (Fsp3) is 0.174. The predicted octanol–water partition coefficient (Wildman–Crippen LogP) is 2.25. The van der Waals surface area contributed by atoms with E-state index in [0.717, 1.165) is 22.2 Å². The van der Waals surface area contributed by atoms with E-state index in [9.17, 15) is 19.5 Å². The summed E-state index contributed by atoms with van der Waals surface area (Å²) < 4.78 is 0. The number of carbonyl (C=O) groups is 3. The number of aliphatic carboxylic acids is 1. The van der Waals surface area contributed by atoms with Crippen molar-refractivity contribution in [1.29, 1.82) is 0 Å². The van der Waals surface area contributed by atoms with E-state index in [1.54, 1.807) is 6.92 Å². The van der Waals surface area contributed by atoms with Gasteiger partial charge in [-0.05, 0) is 18.1 Å². The van der Waals surface area contributed by atoms with Crippen LogP contribution in [0.1, 0.15) is 45.1 Å². The number of benzene rings is 2. The van der Waals surface area contributed by atoms with E-state index in [1.807, 2.05) is 60.7 Å². The lowest BCUT2D eigenvalue weighted by atomic mass is 9.98. The third kappa shape index (κ3) is 5.25. The molecule has 1 heterocycles. The first-order valence-corrected chi connectivity index (χ1v) is 9.88. The number of rotatable bonds is 8. The third-order valence-electron chi connectivity index (χ3n) is 4.74. The number of hydrogen-bond acceptors (Lipinski definition) is 6. The Morgan fingerprint density at radius 1 is 1.00 bits per heavy atom. The van der Waals surface area contributed by atoms with Crippen LogP contribution in [0.3, 0.4) is 0 Å². The Labute approximate surface area is 184 Å². The quantitative estimate of drug-likeness (QED) is 0.495. The molecule has 0 fully saturated rings. The van der Waals surface area contributed by atoms with Crippen LogP contribution >= 0.6 is 0 Å². The van der Waals surface area contributed by atoms with E-state index >= 15 is 0 Å². The van der Waals surface area contributed by atoms with Crippen LogP contribution in [0.25, 0.3) is 0 Å². The first kappa shape index (κ1) is 22.4. The number of amides is 2. The van der Waals surface area contributed by atoms with Crippen molar-refractivity contribution in [3.05, 3.63) is 89.4 Å². The molecule has 0 spiro atoms. The largest absolute Gasteiger partial charge is 0.493 e. The van der Waals surface area contributed by atoms with E-state index < -0.39 is 42.1 Å². The van der Waals surface area contributed by atoms with Gasteiger partial charge in [0.2, 0.25) is 11.7 Å². The molecule has 164 valence electrons. The highest BCUT2D eigenvalue weighted by Gasteiger charge is 2.24. The van der Waals surface area contributed by atoms with Crippen molar-refractivity contribution in [3.63, 3.8) is 0 Å². The van der Waals surface area contributed by atoms with Gasteiger partial charge in [-0.3, -0.25) is 14.4 Å². The average Bonchev–Trinajstić information content (AvgIpc) is 2.81. The molecule has 3 N–H and O–H groups in total. The molecule has 9 heteroatoms. The number of hydrogen-bond donors (Lipinski definition) is 3. The zero-order chi connectivity index (χ0) is 23.1. The molecule has 32 heavy (non-hydrogen) atoms. The molecule has 0 aliphatic heterocycles. The Bertz CT molecular complexity index is 1070. The topological polar surface area (TPSA) is 133 Å². The van der Waals surface area contributed by atoms with E-state index in [2.05, 4.69) is 15.3 Å². The van der Waals surface area contributed by atoms with Gasteiger partial charge in [-0.2, -0.15) is 4.98 Å². The number of nitrogens with zero attached hydrogens (tertiary/aromatic N) is 3. The molecule has 0 unspecified atom stereocenters. The van der Waals surface area contributed by atoms with E-state index in [-0.39, 0.29) is 12.1 Å². The summed E-state index contributed by atoms with van der Waals surface area (Å²) in [5.74, 6) is -3.65. The highest BCUT2D eigenvalue weighted by atomic mass is 16.4. The second-order valence-electron chi connectivity index (χ2n) is 6.87. The summed E-state index contributed by atoms with van der Waals surface area (Å²) in [6.07, 6.45) is 1.05. The first-order chi connectivity index (χ1) is 15.4. The zero-order valence-electron chi connectivity index (χ0n) is 17.3. The second kappa shape index (κ2) is 10.2. The predicted molar refractivity (Wildman–Crippen MR) is 115 cm³/mol. The van der Waals surface area contributed by atoms with Crippen molar-refractivity contribution < 1.29 is 24.6 Å². The zero-order valence-corrected chi connectivity index (χ0v) is 17.3. The summed E-state index contributed by atoms with van der Waals surface area (Å²) in [7, 11) is 0. The fourth-order valence-electron chi connectivity index (χ4n) is 3.13. The van der Waals surface area contributed by atoms with Gasteiger partial charge in [-0.25, -0.2) is 4.98 Å². The minimum absolute atomic E-state index is 0.118. The molecule has 0 atom stereocenters. The van der Waals surface area contributed by atoms with Crippen LogP contribution in [0.5, 0.6) is 5.88 Å². The summed E-state index contributed by atoms with van der Waals surface area (Å²) in [6, 6.07) is 18.2. The maximum Gasteiger partial charge on any atom is 0.323 e. The van der Waals surface area contributed by atoms with Crippen molar-refractivity contribution in [2.24, 2.45) is 0 Å². The molecule has 0 saturated heterocycles.